The molecule has 3 heterocycles. The number of carbonyl (C=O) groups is 2. The molecule has 8 nitrogen and oxygen atoms in total. The van der Waals surface area contributed by atoms with E-state index in [-0.39, 0.29) is 23.7 Å². The average molecular weight is 622 g/mol. The zero-order valence-electron chi connectivity index (χ0n) is 26.8. The lowest BCUT2D eigenvalue weighted by molar-refractivity contribution is -0.136. The molecule has 1 aliphatic rings. The second kappa shape index (κ2) is 12.5. The van der Waals surface area contributed by atoms with E-state index in [2.05, 4.69) is 39.1 Å². The first-order valence-corrected chi connectivity index (χ1v) is 15.8. The highest BCUT2D eigenvalue weighted by Crippen LogP contribution is 2.32. The van der Waals surface area contributed by atoms with E-state index in [1.54, 1.807) is 18.3 Å². The SMILES string of the molecule is Cc1cn(CC2CCN(c3ccc(CC(=O)O)cc3)CC2)c2cc(NC(=O)c3cnn(C(C)(C)C)c3-c3ccc(F)cc3)ccc12. The molecule has 5 aromatic rings. The van der Waals surface area contributed by atoms with Gasteiger partial charge < -0.3 is 19.9 Å². The van der Waals surface area contributed by atoms with Crippen molar-refractivity contribution >= 4 is 34.2 Å². The number of amides is 1. The highest BCUT2D eigenvalue weighted by Gasteiger charge is 2.26. The second-order valence-electron chi connectivity index (χ2n) is 13.3. The van der Waals surface area contributed by atoms with Crippen molar-refractivity contribution in [3.63, 3.8) is 0 Å². The lowest BCUT2D eigenvalue weighted by atomic mass is 9.96. The van der Waals surface area contributed by atoms with E-state index in [0.717, 1.165) is 60.2 Å². The Labute approximate surface area is 268 Å². The summed E-state index contributed by atoms with van der Waals surface area (Å²) in [5.41, 5.74) is 6.32. The average Bonchev–Trinajstić information content (AvgIpc) is 3.60. The molecule has 46 heavy (non-hydrogen) atoms. The van der Waals surface area contributed by atoms with Crippen LogP contribution in [-0.2, 0) is 23.3 Å². The molecule has 0 unspecified atom stereocenters. The standard InChI is InChI=1S/C37H40FN5O3/c1-24-22-42(23-26-15-17-41(18-16-26)30-12-5-25(6-13-30)19-34(44)45)33-20-29(11-14-31(24)33)40-36(46)32-21-39-43(37(2,3)4)35(32)27-7-9-28(38)10-8-27/h5-14,20-22,26H,15-19,23H2,1-4H3,(H,40,46)(H,44,45). The van der Waals surface area contributed by atoms with E-state index in [9.17, 15) is 14.0 Å². The number of hydrogen-bond acceptors (Lipinski definition) is 4. The minimum atomic E-state index is -0.819. The lowest BCUT2D eigenvalue weighted by Gasteiger charge is -2.34. The molecule has 2 N–H and O–H groups in total. The highest BCUT2D eigenvalue weighted by atomic mass is 19.1. The Bertz CT molecular complexity index is 1880. The van der Waals surface area contributed by atoms with E-state index < -0.39 is 5.97 Å². The van der Waals surface area contributed by atoms with Gasteiger partial charge in [0.15, 0.2) is 0 Å². The summed E-state index contributed by atoms with van der Waals surface area (Å²) in [5, 5.41) is 17.8. The molecule has 6 rings (SSSR count). The summed E-state index contributed by atoms with van der Waals surface area (Å²) in [6.45, 7) is 10.9. The zero-order chi connectivity index (χ0) is 32.6. The zero-order valence-corrected chi connectivity index (χ0v) is 26.8. The van der Waals surface area contributed by atoms with Crippen molar-refractivity contribution < 1.29 is 19.1 Å². The number of nitrogens with one attached hydrogen (secondary N) is 1. The number of carboxylic acids is 1. The lowest BCUT2D eigenvalue weighted by Crippen LogP contribution is -2.34. The predicted molar refractivity (Wildman–Crippen MR) is 180 cm³/mol. The molecule has 1 amide bonds. The molecular formula is C37H40FN5O3. The van der Waals surface area contributed by atoms with Crippen molar-refractivity contribution in [3.8, 4) is 11.3 Å². The molecule has 1 aliphatic heterocycles. The van der Waals surface area contributed by atoms with Gasteiger partial charge >= 0.3 is 5.97 Å². The minimum Gasteiger partial charge on any atom is -0.481 e. The fourth-order valence-electron chi connectivity index (χ4n) is 6.46. The van der Waals surface area contributed by atoms with Gasteiger partial charge in [-0.05, 0) is 106 Å². The van der Waals surface area contributed by atoms with Gasteiger partial charge in [-0.25, -0.2) is 4.39 Å². The van der Waals surface area contributed by atoms with Gasteiger partial charge in [-0.15, -0.1) is 0 Å². The van der Waals surface area contributed by atoms with Crippen LogP contribution in [0.4, 0.5) is 15.8 Å². The Kier molecular flexibility index (Phi) is 8.42. The molecule has 0 bridgehead atoms. The Morgan fingerprint density at radius 3 is 2.35 bits per heavy atom. The van der Waals surface area contributed by atoms with Crippen LogP contribution in [0.25, 0.3) is 22.2 Å². The first-order chi connectivity index (χ1) is 22.0. The second-order valence-corrected chi connectivity index (χ2v) is 13.3. The van der Waals surface area contributed by atoms with Crippen LogP contribution in [0.5, 0.6) is 0 Å². The van der Waals surface area contributed by atoms with Crippen LogP contribution in [0.1, 0.15) is 55.1 Å². The number of fused-ring (bicyclic) bond motifs is 1. The third-order valence-corrected chi connectivity index (χ3v) is 8.83. The topological polar surface area (TPSA) is 92.4 Å². The maximum Gasteiger partial charge on any atom is 0.307 e. The molecule has 3 aromatic carbocycles. The van der Waals surface area contributed by atoms with Crippen LogP contribution in [-0.4, -0.2) is 44.4 Å². The van der Waals surface area contributed by atoms with Crippen molar-refractivity contribution in [2.45, 2.75) is 59.0 Å². The van der Waals surface area contributed by atoms with Crippen LogP contribution < -0.4 is 10.2 Å². The number of aliphatic carboxylic acids is 1. The molecule has 0 saturated carbocycles. The third kappa shape index (κ3) is 6.54. The maximum atomic E-state index is 13.7. The fourth-order valence-corrected chi connectivity index (χ4v) is 6.46. The smallest absolute Gasteiger partial charge is 0.307 e. The molecule has 9 heteroatoms. The van der Waals surface area contributed by atoms with Gasteiger partial charge in [0.25, 0.3) is 5.91 Å². The minimum absolute atomic E-state index is 0.0386. The van der Waals surface area contributed by atoms with Gasteiger partial charge in [-0.1, -0.05) is 18.2 Å². The van der Waals surface area contributed by atoms with E-state index in [1.165, 1.54) is 17.7 Å². The summed E-state index contributed by atoms with van der Waals surface area (Å²) in [7, 11) is 0. The molecule has 2 aromatic heterocycles. The quantitative estimate of drug-likeness (QED) is 0.187. The first-order valence-electron chi connectivity index (χ1n) is 15.8. The largest absolute Gasteiger partial charge is 0.481 e. The normalized spacial score (nSPS) is 14.2. The van der Waals surface area contributed by atoms with Gasteiger partial charge in [0, 0.05) is 48.2 Å². The molecule has 0 atom stereocenters. The Hall–Kier alpha value is -4.92. The molecular weight excluding hydrogens is 581 g/mol. The number of anilines is 2. The highest BCUT2D eigenvalue weighted by molar-refractivity contribution is 6.08. The summed E-state index contributed by atoms with van der Waals surface area (Å²) < 4.78 is 17.9. The third-order valence-electron chi connectivity index (χ3n) is 8.83. The van der Waals surface area contributed by atoms with Crippen LogP contribution in [0.2, 0.25) is 0 Å². The van der Waals surface area contributed by atoms with E-state index in [4.69, 9.17) is 5.11 Å². The predicted octanol–water partition coefficient (Wildman–Crippen LogP) is 7.50. The summed E-state index contributed by atoms with van der Waals surface area (Å²) in [4.78, 5) is 27.1. The molecule has 0 spiro atoms. The van der Waals surface area contributed by atoms with Crippen LogP contribution in [0, 0.1) is 18.7 Å². The molecule has 1 fully saturated rings. The van der Waals surface area contributed by atoms with E-state index >= 15 is 0 Å². The maximum absolute atomic E-state index is 13.7. The van der Waals surface area contributed by atoms with Crippen LogP contribution in [0.15, 0.2) is 79.1 Å². The Morgan fingerprint density at radius 2 is 1.70 bits per heavy atom. The summed E-state index contributed by atoms with van der Waals surface area (Å²) in [6, 6.07) is 20.0. The van der Waals surface area contributed by atoms with Gasteiger partial charge in [0.2, 0.25) is 0 Å². The number of benzene rings is 3. The van der Waals surface area contributed by atoms with Gasteiger partial charge in [0.1, 0.15) is 5.82 Å². The molecule has 0 radical (unpaired) electrons. The van der Waals surface area contributed by atoms with Crippen molar-refractivity contribution in [1.82, 2.24) is 14.3 Å². The molecule has 238 valence electrons. The summed E-state index contributed by atoms with van der Waals surface area (Å²) in [5.74, 6) is -0.914. The Balaban J connectivity index is 1.17. The monoisotopic (exact) mass is 621 g/mol. The van der Waals surface area contributed by atoms with Crippen molar-refractivity contribution in [3.05, 3.63) is 102 Å². The number of carboxylic acid groups (broad SMARTS) is 1. The number of carbonyl (C=O) groups excluding carboxylic acids is 1. The number of halogens is 1. The van der Waals surface area contributed by atoms with Crippen molar-refractivity contribution in [2.75, 3.05) is 23.3 Å². The van der Waals surface area contributed by atoms with Gasteiger partial charge in [-0.2, -0.15) is 5.10 Å². The van der Waals surface area contributed by atoms with Crippen molar-refractivity contribution in [1.29, 1.82) is 0 Å². The fraction of sp³-hybridized carbons (Fsp3) is 0.324. The van der Waals surface area contributed by atoms with Crippen LogP contribution in [0.3, 0.4) is 0 Å². The van der Waals surface area contributed by atoms with Crippen LogP contribution >= 0.6 is 0 Å². The number of nitrogens with zero attached hydrogens (tertiary/aromatic N) is 4. The molecule has 0 aliphatic carbocycles. The number of piperidine rings is 1. The van der Waals surface area contributed by atoms with E-state index in [0.29, 0.717) is 22.9 Å². The van der Waals surface area contributed by atoms with Gasteiger partial charge in [-0.3, -0.25) is 14.3 Å². The number of hydrogen-bond donors (Lipinski definition) is 2. The summed E-state index contributed by atoms with van der Waals surface area (Å²) in [6.07, 6.45) is 5.92. The number of aromatic nitrogens is 3. The molecule has 1 saturated heterocycles. The summed E-state index contributed by atoms with van der Waals surface area (Å²) >= 11 is 0. The van der Waals surface area contributed by atoms with Crippen molar-refractivity contribution in [2.24, 2.45) is 5.92 Å². The Morgan fingerprint density at radius 1 is 1.00 bits per heavy atom. The first kappa shape index (κ1) is 31.1. The van der Waals surface area contributed by atoms with Gasteiger partial charge in [0.05, 0.1) is 34.9 Å². The number of rotatable bonds is 8. The number of aryl methyl sites for hydroxylation is 1. The van der Waals surface area contributed by atoms with E-state index in [1.807, 2.05) is 61.9 Å².